The summed E-state index contributed by atoms with van der Waals surface area (Å²) in [6.45, 7) is 5.51. The lowest BCUT2D eigenvalue weighted by Crippen LogP contribution is -2.21. The number of aromatic nitrogens is 4. The number of primary amides is 1. The summed E-state index contributed by atoms with van der Waals surface area (Å²) in [7, 11) is 0. The second-order valence-corrected chi connectivity index (χ2v) is 7.38. The number of para-hydroxylation sites is 2. The summed E-state index contributed by atoms with van der Waals surface area (Å²) in [5.74, 6) is -1.90. The van der Waals surface area contributed by atoms with E-state index in [4.69, 9.17) is 19.6 Å². The highest BCUT2D eigenvalue weighted by atomic mass is 32.2. The van der Waals surface area contributed by atoms with Gasteiger partial charge in [-0.25, -0.2) is 4.79 Å². The first-order chi connectivity index (χ1) is 15.9. The molecular formula is C20H22N6O6S. The lowest BCUT2D eigenvalue weighted by Gasteiger charge is -2.10. The van der Waals surface area contributed by atoms with E-state index in [1.807, 2.05) is 19.1 Å². The molecule has 3 aromatic rings. The molecule has 2 aromatic heterocycles. The predicted molar refractivity (Wildman–Crippen MR) is 118 cm³/mol. The maximum atomic E-state index is 12.6. The van der Waals surface area contributed by atoms with Gasteiger partial charge in [-0.05, 0) is 43.3 Å². The summed E-state index contributed by atoms with van der Waals surface area (Å²) in [4.78, 5) is 36.7. The number of nitrogens with zero attached hydrogens (tertiary/aromatic N) is 4. The number of amides is 2. The summed E-state index contributed by atoms with van der Waals surface area (Å²) < 4.78 is 17.4. The molecule has 0 aliphatic heterocycles. The van der Waals surface area contributed by atoms with Crippen LogP contribution in [0, 0.1) is 6.92 Å². The van der Waals surface area contributed by atoms with Crippen LogP contribution in [0.15, 0.2) is 33.8 Å². The second-order valence-electron chi connectivity index (χ2n) is 6.43. The van der Waals surface area contributed by atoms with Gasteiger partial charge in [-0.1, -0.05) is 23.9 Å². The molecule has 13 heteroatoms. The van der Waals surface area contributed by atoms with E-state index in [0.717, 1.165) is 11.8 Å². The van der Waals surface area contributed by atoms with E-state index in [0.29, 0.717) is 23.2 Å². The summed E-state index contributed by atoms with van der Waals surface area (Å²) in [5.41, 5.74) is 5.65. The van der Waals surface area contributed by atoms with Gasteiger partial charge in [-0.15, -0.1) is 5.10 Å². The SMILES string of the molecule is CCOC(=O)c1c(C)oc(NC(=O)CSc2nnnn2-c2ccccc2OCC)c1C(N)=O. The number of esters is 1. The molecule has 0 aliphatic carbocycles. The number of furan rings is 1. The van der Waals surface area contributed by atoms with Crippen molar-refractivity contribution in [3.05, 3.63) is 41.2 Å². The first-order valence-corrected chi connectivity index (χ1v) is 10.9. The Morgan fingerprint density at radius 2 is 1.94 bits per heavy atom. The molecule has 0 fully saturated rings. The number of carbonyl (C=O) groups excluding carboxylic acids is 3. The first-order valence-electron chi connectivity index (χ1n) is 9.90. The van der Waals surface area contributed by atoms with Crippen molar-refractivity contribution in [1.82, 2.24) is 20.2 Å². The Kier molecular flexibility index (Phi) is 7.66. The molecule has 174 valence electrons. The molecule has 3 N–H and O–H groups in total. The van der Waals surface area contributed by atoms with Gasteiger partial charge in [0.05, 0.1) is 19.0 Å². The van der Waals surface area contributed by atoms with Gasteiger partial charge in [0.25, 0.3) is 5.91 Å². The number of nitrogens with two attached hydrogens (primary N) is 1. The molecule has 33 heavy (non-hydrogen) atoms. The molecule has 12 nitrogen and oxygen atoms in total. The third kappa shape index (κ3) is 5.31. The largest absolute Gasteiger partial charge is 0.492 e. The topological polar surface area (TPSA) is 164 Å². The number of hydrogen-bond donors (Lipinski definition) is 2. The zero-order valence-electron chi connectivity index (χ0n) is 18.2. The molecule has 0 spiro atoms. The molecule has 0 atom stereocenters. The van der Waals surface area contributed by atoms with Crippen molar-refractivity contribution in [2.45, 2.75) is 25.9 Å². The number of tetrazole rings is 1. The Labute approximate surface area is 192 Å². The van der Waals surface area contributed by atoms with Gasteiger partial charge in [0.2, 0.25) is 16.9 Å². The predicted octanol–water partition coefficient (Wildman–Crippen LogP) is 1.97. The molecule has 0 saturated carbocycles. The smallest absolute Gasteiger partial charge is 0.342 e. The Balaban J connectivity index is 1.76. The third-order valence-electron chi connectivity index (χ3n) is 4.23. The summed E-state index contributed by atoms with van der Waals surface area (Å²) in [5, 5.41) is 14.4. The molecule has 3 rings (SSSR count). The van der Waals surface area contributed by atoms with Crippen LogP contribution in [-0.2, 0) is 9.53 Å². The molecule has 1 aromatic carbocycles. The van der Waals surface area contributed by atoms with Gasteiger partial charge in [-0.3, -0.25) is 14.9 Å². The molecular weight excluding hydrogens is 452 g/mol. The van der Waals surface area contributed by atoms with E-state index >= 15 is 0 Å². The van der Waals surface area contributed by atoms with Crippen molar-refractivity contribution in [3.63, 3.8) is 0 Å². The van der Waals surface area contributed by atoms with E-state index < -0.39 is 17.8 Å². The monoisotopic (exact) mass is 474 g/mol. The van der Waals surface area contributed by atoms with Crippen molar-refractivity contribution >= 4 is 35.4 Å². The quantitative estimate of drug-likeness (QED) is 0.328. The molecule has 0 unspecified atom stereocenters. The van der Waals surface area contributed by atoms with Crippen molar-refractivity contribution in [2.75, 3.05) is 24.3 Å². The summed E-state index contributed by atoms with van der Waals surface area (Å²) in [6.07, 6.45) is 0. The third-order valence-corrected chi connectivity index (χ3v) is 5.15. The van der Waals surface area contributed by atoms with E-state index in [-0.39, 0.29) is 35.1 Å². The number of nitrogens with one attached hydrogen (secondary N) is 1. The summed E-state index contributed by atoms with van der Waals surface area (Å²) in [6, 6.07) is 7.21. The van der Waals surface area contributed by atoms with Gasteiger partial charge in [0.15, 0.2) is 0 Å². The summed E-state index contributed by atoms with van der Waals surface area (Å²) >= 11 is 1.05. The van der Waals surface area contributed by atoms with Crippen LogP contribution in [0.3, 0.4) is 0 Å². The Morgan fingerprint density at radius 3 is 2.64 bits per heavy atom. The van der Waals surface area contributed by atoms with Gasteiger partial charge >= 0.3 is 5.97 Å². The Bertz CT molecular complexity index is 1170. The van der Waals surface area contributed by atoms with Crippen LogP contribution >= 0.6 is 11.8 Å². The average molecular weight is 474 g/mol. The number of aryl methyl sites for hydroxylation is 1. The molecule has 0 saturated heterocycles. The number of ether oxygens (including phenoxy) is 2. The first kappa shape index (κ1) is 23.8. The zero-order chi connectivity index (χ0) is 24.0. The maximum absolute atomic E-state index is 12.6. The number of hydrogen-bond acceptors (Lipinski definition) is 10. The van der Waals surface area contributed by atoms with Crippen LogP contribution in [0.25, 0.3) is 5.69 Å². The highest BCUT2D eigenvalue weighted by molar-refractivity contribution is 7.99. The number of anilines is 1. The molecule has 2 amide bonds. The minimum Gasteiger partial charge on any atom is -0.492 e. The highest BCUT2D eigenvalue weighted by Crippen LogP contribution is 2.29. The second kappa shape index (κ2) is 10.6. The minimum absolute atomic E-state index is 0.0983. The van der Waals surface area contributed by atoms with E-state index in [1.165, 1.54) is 11.6 Å². The van der Waals surface area contributed by atoms with Crippen LogP contribution in [0.1, 0.15) is 40.3 Å². The van der Waals surface area contributed by atoms with Crippen LogP contribution in [0.5, 0.6) is 5.75 Å². The Morgan fingerprint density at radius 1 is 1.18 bits per heavy atom. The maximum Gasteiger partial charge on any atom is 0.342 e. The number of rotatable bonds is 10. The lowest BCUT2D eigenvalue weighted by molar-refractivity contribution is -0.113. The normalized spacial score (nSPS) is 10.6. The fourth-order valence-electron chi connectivity index (χ4n) is 2.94. The molecule has 2 heterocycles. The fourth-order valence-corrected chi connectivity index (χ4v) is 3.62. The average Bonchev–Trinajstić information content (AvgIpc) is 3.37. The Hall–Kier alpha value is -3.87. The molecule has 0 radical (unpaired) electrons. The number of benzene rings is 1. The van der Waals surface area contributed by atoms with Gasteiger partial charge in [0, 0.05) is 0 Å². The number of thioether (sulfide) groups is 1. The van der Waals surface area contributed by atoms with Crippen LogP contribution < -0.4 is 15.8 Å². The van der Waals surface area contributed by atoms with E-state index in [2.05, 4.69) is 20.8 Å². The standard InChI is InChI=1S/C20H22N6O6S/c1-4-30-13-9-7-6-8-12(13)26-20(23-24-25-26)33-10-14(27)22-18-16(17(21)28)15(11(3)32-18)19(29)31-5-2/h6-9H,4-5,10H2,1-3H3,(H2,21,28)(H,22,27). The molecule has 0 bridgehead atoms. The van der Waals surface area contributed by atoms with Crippen molar-refractivity contribution in [1.29, 1.82) is 0 Å². The van der Waals surface area contributed by atoms with Crippen molar-refractivity contribution in [3.8, 4) is 11.4 Å². The van der Waals surface area contributed by atoms with Gasteiger partial charge in [-0.2, -0.15) is 4.68 Å². The van der Waals surface area contributed by atoms with Gasteiger partial charge in [0.1, 0.15) is 28.3 Å². The lowest BCUT2D eigenvalue weighted by atomic mass is 10.1. The van der Waals surface area contributed by atoms with Crippen LogP contribution in [0.2, 0.25) is 0 Å². The molecule has 0 aliphatic rings. The van der Waals surface area contributed by atoms with E-state index in [9.17, 15) is 14.4 Å². The fraction of sp³-hybridized carbons (Fsp3) is 0.300. The highest BCUT2D eigenvalue weighted by Gasteiger charge is 2.29. The number of carbonyl (C=O) groups is 3. The van der Waals surface area contributed by atoms with Crippen molar-refractivity contribution < 1.29 is 28.3 Å². The van der Waals surface area contributed by atoms with Crippen LogP contribution in [-0.4, -0.2) is 57.0 Å². The minimum atomic E-state index is -0.936. The van der Waals surface area contributed by atoms with Crippen molar-refractivity contribution in [2.24, 2.45) is 5.73 Å². The van der Waals surface area contributed by atoms with Crippen LogP contribution in [0.4, 0.5) is 5.88 Å². The zero-order valence-corrected chi connectivity index (χ0v) is 19.0. The van der Waals surface area contributed by atoms with Gasteiger partial charge < -0.3 is 19.6 Å². The van der Waals surface area contributed by atoms with E-state index in [1.54, 1.807) is 19.1 Å².